The number of benzene rings is 2. The molecule has 0 radical (unpaired) electrons. The van der Waals surface area contributed by atoms with Crippen molar-refractivity contribution in [2.24, 2.45) is 0 Å². The summed E-state index contributed by atoms with van der Waals surface area (Å²) in [5, 5.41) is 1.70. The maximum absolute atomic E-state index is 6.44. The molecule has 1 nitrogen and oxygen atoms in total. The van der Waals surface area contributed by atoms with Crippen molar-refractivity contribution in [2.75, 3.05) is 18.0 Å². The van der Waals surface area contributed by atoms with E-state index in [9.17, 15) is 0 Å². The van der Waals surface area contributed by atoms with Crippen LogP contribution in [0.2, 0.25) is 5.02 Å². The van der Waals surface area contributed by atoms with Gasteiger partial charge >= 0.3 is 0 Å². The Labute approximate surface area is 133 Å². The summed E-state index contributed by atoms with van der Waals surface area (Å²) < 4.78 is 0. The third kappa shape index (κ3) is 2.87. The molecule has 0 aliphatic carbocycles. The van der Waals surface area contributed by atoms with E-state index in [-0.39, 0.29) is 0 Å². The second kappa shape index (κ2) is 6.19. The van der Waals surface area contributed by atoms with Gasteiger partial charge in [-0.3, -0.25) is 0 Å². The number of hydrogen-bond acceptors (Lipinski definition) is 1. The third-order valence-corrected chi connectivity index (χ3v) is 4.88. The highest BCUT2D eigenvalue weighted by Gasteiger charge is 2.16. The van der Waals surface area contributed by atoms with Gasteiger partial charge < -0.3 is 4.90 Å². The minimum absolute atomic E-state index is 0.846. The van der Waals surface area contributed by atoms with Crippen molar-refractivity contribution in [1.82, 2.24) is 0 Å². The minimum atomic E-state index is 0.846. The Morgan fingerprint density at radius 2 is 1.65 bits per heavy atom. The zero-order valence-electron chi connectivity index (χ0n) is 11.3. The van der Waals surface area contributed by atoms with Crippen molar-refractivity contribution in [3.8, 4) is 0 Å². The standard InChI is InChI=1S/C17H17BrClN/c18-12-13-5-6-17(16(19)11-13)20-9-7-14-3-1-2-4-15(14)8-10-20/h1-6,11H,7-10,12H2. The van der Waals surface area contributed by atoms with Crippen LogP contribution in [0.25, 0.3) is 0 Å². The second-order valence-electron chi connectivity index (χ2n) is 5.18. The molecule has 3 rings (SSSR count). The second-order valence-corrected chi connectivity index (χ2v) is 6.14. The first-order chi connectivity index (χ1) is 9.78. The van der Waals surface area contributed by atoms with Crippen molar-refractivity contribution in [3.63, 3.8) is 0 Å². The molecule has 1 aliphatic heterocycles. The molecule has 0 amide bonds. The monoisotopic (exact) mass is 349 g/mol. The topological polar surface area (TPSA) is 3.24 Å². The van der Waals surface area contributed by atoms with Crippen LogP contribution in [0.1, 0.15) is 16.7 Å². The zero-order chi connectivity index (χ0) is 13.9. The van der Waals surface area contributed by atoms with Gasteiger partial charge in [0, 0.05) is 18.4 Å². The molecule has 20 heavy (non-hydrogen) atoms. The van der Waals surface area contributed by atoms with E-state index < -0.39 is 0 Å². The van der Waals surface area contributed by atoms with Gasteiger partial charge in [0.05, 0.1) is 10.7 Å². The minimum Gasteiger partial charge on any atom is -0.370 e. The highest BCUT2D eigenvalue weighted by atomic mass is 79.9. The predicted octanol–water partition coefficient (Wildman–Crippen LogP) is 4.84. The van der Waals surface area contributed by atoms with Gasteiger partial charge in [0.2, 0.25) is 0 Å². The fourth-order valence-corrected chi connectivity index (χ4v) is 3.47. The van der Waals surface area contributed by atoms with Gasteiger partial charge in [-0.25, -0.2) is 0 Å². The molecule has 0 spiro atoms. The van der Waals surface area contributed by atoms with Crippen LogP contribution >= 0.6 is 27.5 Å². The molecule has 104 valence electrons. The van der Waals surface area contributed by atoms with E-state index in [1.54, 1.807) is 0 Å². The largest absolute Gasteiger partial charge is 0.370 e. The van der Waals surface area contributed by atoms with E-state index >= 15 is 0 Å². The van der Waals surface area contributed by atoms with Gasteiger partial charge in [0.25, 0.3) is 0 Å². The maximum atomic E-state index is 6.44. The molecule has 0 fully saturated rings. The van der Waals surface area contributed by atoms with Gasteiger partial charge in [0.15, 0.2) is 0 Å². The van der Waals surface area contributed by atoms with Gasteiger partial charge in [0.1, 0.15) is 0 Å². The first-order valence-electron chi connectivity index (χ1n) is 6.94. The average molecular weight is 351 g/mol. The number of halogens is 2. The predicted molar refractivity (Wildman–Crippen MR) is 90.1 cm³/mol. The van der Waals surface area contributed by atoms with Gasteiger partial charge in [-0.15, -0.1) is 0 Å². The van der Waals surface area contributed by atoms with Gasteiger partial charge in [-0.1, -0.05) is 57.9 Å². The summed E-state index contributed by atoms with van der Waals surface area (Å²) in [6.45, 7) is 2.06. The van der Waals surface area contributed by atoms with Crippen LogP contribution in [0.3, 0.4) is 0 Å². The summed E-state index contributed by atoms with van der Waals surface area (Å²) in [5.41, 5.74) is 5.33. The molecule has 0 atom stereocenters. The SMILES string of the molecule is Clc1cc(CBr)ccc1N1CCc2ccccc2CC1. The fourth-order valence-electron chi connectivity index (χ4n) is 2.80. The molecular formula is C17H17BrClN. The zero-order valence-corrected chi connectivity index (χ0v) is 13.6. The van der Waals surface area contributed by atoms with Crippen LogP contribution in [0, 0.1) is 0 Å². The summed E-state index contributed by atoms with van der Waals surface area (Å²) in [5.74, 6) is 0. The van der Waals surface area contributed by atoms with Crippen molar-refractivity contribution in [3.05, 3.63) is 64.2 Å². The Kier molecular flexibility index (Phi) is 4.32. The third-order valence-electron chi connectivity index (χ3n) is 3.93. The highest BCUT2D eigenvalue weighted by molar-refractivity contribution is 9.08. The first-order valence-corrected chi connectivity index (χ1v) is 8.44. The molecular weight excluding hydrogens is 334 g/mol. The number of nitrogens with zero attached hydrogens (tertiary/aromatic N) is 1. The fraction of sp³-hybridized carbons (Fsp3) is 0.294. The van der Waals surface area contributed by atoms with Crippen LogP contribution in [-0.4, -0.2) is 13.1 Å². The number of fused-ring (bicyclic) bond motifs is 1. The number of anilines is 1. The summed E-state index contributed by atoms with van der Waals surface area (Å²) in [6, 6.07) is 15.1. The number of rotatable bonds is 2. The number of hydrogen-bond donors (Lipinski definition) is 0. The van der Waals surface area contributed by atoms with Crippen LogP contribution < -0.4 is 4.90 Å². The number of alkyl halides is 1. The molecule has 0 N–H and O–H groups in total. The molecule has 0 aromatic heterocycles. The smallest absolute Gasteiger partial charge is 0.0642 e. The molecule has 0 saturated carbocycles. The Morgan fingerprint density at radius 1 is 1.00 bits per heavy atom. The lowest BCUT2D eigenvalue weighted by molar-refractivity contribution is 0.806. The van der Waals surface area contributed by atoms with Crippen LogP contribution in [0.15, 0.2) is 42.5 Å². The van der Waals surface area contributed by atoms with Gasteiger partial charge in [-0.05, 0) is 41.7 Å². The maximum Gasteiger partial charge on any atom is 0.0642 e. The summed E-state index contributed by atoms with van der Waals surface area (Å²) in [6.07, 6.45) is 2.18. The van der Waals surface area contributed by atoms with E-state index in [1.165, 1.54) is 16.7 Å². The van der Waals surface area contributed by atoms with Crippen LogP contribution in [0.5, 0.6) is 0 Å². The molecule has 2 aromatic carbocycles. The Morgan fingerprint density at radius 3 is 2.20 bits per heavy atom. The first kappa shape index (κ1) is 14.0. The van der Waals surface area contributed by atoms with Crippen molar-refractivity contribution in [2.45, 2.75) is 18.2 Å². The van der Waals surface area contributed by atoms with Crippen molar-refractivity contribution in [1.29, 1.82) is 0 Å². The normalized spacial score (nSPS) is 14.8. The lowest BCUT2D eigenvalue weighted by Gasteiger charge is -2.24. The Bertz CT molecular complexity index is 585. The van der Waals surface area contributed by atoms with Gasteiger partial charge in [-0.2, -0.15) is 0 Å². The lowest BCUT2D eigenvalue weighted by atomic mass is 10.0. The summed E-state index contributed by atoms with van der Waals surface area (Å²) in [4.78, 5) is 2.40. The summed E-state index contributed by atoms with van der Waals surface area (Å²) in [7, 11) is 0. The van der Waals surface area contributed by atoms with E-state index in [2.05, 4.69) is 63.3 Å². The molecule has 0 saturated heterocycles. The average Bonchev–Trinajstić information content (AvgIpc) is 2.70. The van der Waals surface area contributed by atoms with E-state index in [4.69, 9.17) is 11.6 Å². The van der Waals surface area contributed by atoms with Crippen molar-refractivity contribution < 1.29 is 0 Å². The van der Waals surface area contributed by atoms with Crippen LogP contribution in [-0.2, 0) is 18.2 Å². The lowest BCUT2D eigenvalue weighted by Crippen LogP contribution is -2.26. The molecule has 3 heteroatoms. The van der Waals surface area contributed by atoms with E-state index in [0.717, 1.165) is 42.0 Å². The molecule has 0 bridgehead atoms. The van der Waals surface area contributed by atoms with Crippen LogP contribution in [0.4, 0.5) is 5.69 Å². The summed E-state index contributed by atoms with van der Waals surface area (Å²) >= 11 is 9.92. The molecule has 1 heterocycles. The molecule has 2 aromatic rings. The van der Waals surface area contributed by atoms with E-state index in [1.807, 2.05) is 0 Å². The highest BCUT2D eigenvalue weighted by Crippen LogP contribution is 2.29. The Balaban J connectivity index is 1.83. The quantitative estimate of drug-likeness (QED) is 0.701. The molecule has 1 aliphatic rings. The van der Waals surface area contributed by atoms with Crippen molar-refractivity contribution >= 4 is 33.2 Å². The Hall–Kier alpha value is -0.990. The van der Waals surface area contributed by atoms with E-state index in [0.29, 0.717) is 0 Å². The molecule has 0 unspecified atom stereocenters.